The van der Waals surface area contributed by atoms with E-state index in [1.807, 2.05) is 30.2 Å². The third-order valence-electron chi connectivity index (χ3n) is 5.79. The minimum Gasteiger partial charge on any atom is -0.339 e. The maximum absolute atomic E-state index is 5.69. The summed E-state index contributed by atoms with van der Waals surface area (Å²) < 4.78 is 7.60. The Bertz CT molecular complexity index is 1120. The molecule has 4 aromatic heterocycles. The Labute approximate surface area is 173 Å². The number of nitrogens with zero attached hydrogens (tertiary/aromatic N) is 8. The van der Waals surface area contributed by atoms with Crippen LogP contribution in [0.4, 0.5) is 0 Å². The van der Waals surface area contributed by atoms with Crippen LogP contribution in [0, 0.1) is 6.92 Å². The highest BCUT2D eigenvalue weighted by atomic mass is 16.5. The van der Waals surface area contributed by atoms with Crippen LogP contribution in [0.25, 0.3) is 11.5 Å². The van der Waals surface area contributed by atoms with Gasteiger partial charge in [0.25, 0.3) is 0 Å². The Morgan fingerprint density at radius 1 is 1.07 bits per heavy atom. The number of rotatable bonds is 5. The summed E-state index contributed by atoms with van der Waals surface area (Å²) in [6, 6.07) is 4.09. The van der Waals surface area contributed by atoms with Gasteiger partial charge >= 0.3 is 0 Å². The largest absolute Gasteiger partial charge is 0.339 e. The van der Waals surface area contributed by atoms with Crippen molar-refractivity contribution in [2.24, 2.45) is 7.05 Å². The zero-order valence-electron chi connectivity index (χ0n) is 16.9. The van der Waals surface area contributed by atoms with E-state index < -0.39 is 0 Å². The predicted octanol–water partition coefficient (Wildman–Crippen LogP) is 2.35. The SMILES string of the molecule is Cc1c(CN2C[C@@H](c3cccnc3)[C@H](c3nc(-c4cnccn4)no3)C2)cnn1C. The lowest BCUT2D eigenvalue weighted by Crippen LogP contribution is -2.20. The van der Waals surface area contributed by atoms with Crippen LogP contribution in [0.5, 0.6) is 0 Å². The van der Waals surface area contributed by atoms with Gasteiger partial charge in [0.2, 0.25) is 11.7 Å². The summed E-state index contributed by atoms with van der Waals surface area (Å²) in [4.78, 5) is 19.8. The Hall–Kier alpha value is -3.46. The first-order valence-corrected chi connectivity index (χ1v) is 9.89. The van der Waals surface area contributed by atoms with Crippen LogP contribution >= 0.6 is 0 Å². The summed E-state index contributed by atoms with van der Waals surface area (Å²) in [5.74, 6) is 1.37. The van der Waals surface area contributed by atoms with Crippen molar-refractivity contribution in [1.29, 1.82) is 0 Å². The van der Waals surface area contributed by atoms with Crippen molar-refractivity contribution in [2.75, 3.05) is 13.1 Å². The Balaban J connectivity index is 1.44. The second-order valence-electron chi connectivity index (χ2n) is 7.62. The third-order valence-corrected chi connectivity index (χ3v) is 5.79. The van der Waals surface area contributed by atoms with E-state index in [4.69, 9.17) is 4.52 Å². The molecule has 2 atom stereocenters. The molecule has 0 bridgehead atoms. The molecule has 9 nitrogen and oxygen atoms in total. The summed E-state index contributed by atoms with van der Waals surface area (Å²) in [6.07, 6.45) is 10.6. The first kappa shape index (κ1) is 18.6. The maximum atomic E-state index is 5.69. The van der Waals surface area contributed by atoms with Gasteiger partial charge in [-0.05, 0) is 18.6 Å². The molecule has 0 saturated carbocycles. The second-order valence-corrected chi connectivity index (χ2v) is 7.62. The van der Waals surface area contributed by atoms with E-state index in [0.717, 1.165) is 19.6 Å². The van der Waals surface area contributed by atoms with Gasteiger partial charge in [0.15, 0.2) is 0 Å². The number of hydrogen-bond donors (Lipinski definition) is 0. The lowest BCUT2D eigenvalue weighted by Gasteiger charge is -2.15. The van der Waals surface area contributed by atoms with Crippen molar-refractivity contribution in [3.8, 4) is 11.5 Å². The van der Waals surface area contributed by atoms with Crippen LogP contribution in [-0.2, 0) is 13.6 Å². The molecule has 5 heterocycles. The van der Waals surface area contributed by atoms with Gasteiger partial charge in [0.05, 0.1) is 18.3 Å². The summed E-state index contributed by atoms with van der Waals surface area (Å²) in [5, 5.41) is 8.53. The predicted molar refractivity (Wildman–Crippen MR) is 108 cm³/mol. The molecule has 152 valence electrons. The fraction of sp³-hybridized carbons (Fsp3) is 0.333. The number of pyridine rings is 1. The van der Waals surface area contributed by atoms with E-state index in [0.29, 0.717) is 17.4 Å². The van der Waals surface area contributed by atoms with Crippen molar-refractivity contribution in [3.05, 3.63) is 72.0 Å². The van der Waals surface area contributed by atoms with Gasteiger partial charge < -0.3 is 4.52 Å². The minimum absolute atomic E-state index is 0.0732. The van der Waals surface area contributed by atoms with Crippen molar-refractivity contribution in [3.63, 3.8) is 0 Å². The highest BCUT2D eigenvalue weighted by Gasteiger charge is 2.38. The average Bonchev–Trinajstić information content (AvgIpc) is 3.51. The third kappa shape index (κ3) is 3.48. The smallest absolute Gasteiger partial charge is 0.232 e. The molecule has 1 saturated heterocycles. The van der Waals surface area contributed by atoms with E-state index >= 15 is 0 Å². The molecule has 30 heavy (non-hydrogen) atoms. The summed E-state index contributed by atoms with van der Waals surface area (Å²) in [5.41, 5.74) is 4.19. The van der Waals surface area contributed by atoms with Gasteiger partial charge in [-0.2, -0.15) is 10.1 Å². The summed E-state index contributed by atoms with van der Waals surface area (Å²) >= 11 is 0. The van der Waals surface area contributed by atoms with Crippen molar-refractivity contribution in [2.45, 2.75) is 25.3 Å². The van der Waals surface area contributed by atoms with Crippen molar-refractivity contribution < 1.29 is 4.52 Å². The molecule has 0 spiro atoms. The highest BCUT2D eigenvalue weighted by molar-refractivity contribution is 5.45. The zero-order chi connectivity index (χ0) is 20.5. The normalized spacial score (nSPS) is 19.4. The quantitative estimate of drug-likeness (QED) is 0.502. The first-order valence-electron chi connectivity index (χ1n) is 9.89. The highest BCUT2D eigenvalue weighted by Crippen LogP contribution is 2.39. The van der Waals surface area contributed by atoms with Gasteiger partial charge in [-0.25, -0.2) is 4.98 Å². The van der Waals surface area contributed by atoms with Crippen molar-refractivity contribution >= 4 is 0 Å². The fourth-order valence-electron chi connectivity index (χ4n) is 4.04. The molecule has 0 amide bonds. The number of hydrogen-bond acceptors (Lipinski definition) is 8. The second kappa shape index (κ2) is 7.75. The molecule has 0 radical (unpaired) electrons. The summed E-state index contributed by atoms with van der Waals surface area (Å²) in [7, 11) is 1.97. The van der Waals surface area contributed by atoms with E-state index in [9.17, 15) is 0 Å². The lowest BCUT2D eigenvalue weighted by atomic mass is 9.90. The number of likely N-dealkylation sites (tertiary alicyclic amines) is 1. The van der Waals surface area contributed by atoms with Gasteiger partial charge in [-0.15, -0.1) is 0 Å². The van der Waals surface area contributed by atoms with Crippen LogP contribution in [0.3, 0.4) is 0 Å². The Kier molecular flexibility index (Phi) is 4.80. The van der Waals surface area contributed by atoms with E-state index in [2.05, 4.69) is 48.1 Å². The Morgan fingerprint density at radius 3 is 2.67 bits per heavy atom. The van der Waals surface area contributed by atoms with Crippen LogP contribution in [0.15, 0.2) is 53.8 Å². The van der Waals surface area contributed by atoms with E-state index in [-0.39, 0.29) is 11.8 Å². The maximum Gasteiger partial charge on any atom is 0.232 e. The molecule has 0 aromatic carbocycles. The molecule has 1 fully saturated rings. The van der Waals surface area contributed by atoms with Gasteiger partial charge in [0, 0.05) is 68.6 Å². The standard InChI is InChI=1S/C21H22N8O/c1-14-16(9-25-28(14)2)11-29-12-17(15-4-3-5-22-8-15)18(13-29)21-26-20(27-30-21)19-10-23-6-7-24-19/h3-10,17-18H,11-13H2,1-2H3/t17-,18+/m0/s1. The average molecular weight is 402 g/mol. The molecular weight excluding hydrogens is 380 g/mol. The van der Waals surface area contributed by atoms with Crippen LogP contribution in [0.1, 0.15) is 34.5 Å². The van der Waals surface area contributed by atoms with Crippen LogP contribution in [0.2, 0.25) is 0 Å². The van der Waals surface area contributed by atoms with E-state index in [1.165, 1.54) is 16.8 Å². The molecular formula is C21H22N8O. The molecule has 0 unspecified atom stereocenters. The molecule has 4 aromatic rings. The number of aromatic nitrogens is 7. The van der Waals surface area contributed by atoms with Gasteiger partial charge in [-0.3, -0.25) is 19.5 Å². The molecule has 1 aliphatic rings. The monoisotopic (exact) mass is 402 g/mol. The molecule has 0 N–H and O–H groups in total. The minimum atomic E-state index is 0.0732. The van der Waals surface area contributed by atoms with Gasteiger partial charge in [-0.1, -0.05) is 11.2 Å². The Morgan fingerprint density at radius 2 is 1.93 bits per heavy atom. The van der Waals surface area contributed by atoms with Crippen molar-refractivity contribution in [1.82, 2.24) is 39.8 Å². The first-order chi connectivity index (χ1) is 14.7. The zero-order valence-corrected chi connectivity index (χ0v) is 16.9. The van der Waals surface area contributed by atoms with Crippen LogP contribution in [-0.4, -0.2) is 52.9 Å². The van der Waals surface area contributed by atoms with Gasteiger partial charge in [0.1, 0.15) is 5.69 Å². The fourth-order valence-corrected chi connectivity index (χ4v) is 4.04. The summed E-state index contributed by atoms with van der Waals surface area (Å²) in [6.45, 7) is 4.63. The molecule has 0 aliphatic carbocycles. The van der Waals surface area contributed by atoms with E-state index in [1.54, 1.807) is 24.8 Å². The molecule has 1 aliphatic heterocycles. The molecule has 5 rings (SSSR count). The molecule has 9 heteroatoms. The lowest BCUT2D eigenvalue weighted by molar-refractivity contribution is 0.308. The van der Waals surface area contributed by atoms with Crippen LogP contribution < -0.4 is 0 Å². The number of aryl methyl sites for hydroxylation is 1. The topological polar surface area (TPSA) is 98.7 Å².